The standard InChI is InChI=1S/C10H15N5O5/c1-4-2-15(10(19)12-8(4)18)9-7(17)6(13-14-11)5(3-16)20-9/h4-7,9,16-17H,2-3H2,1H3,(H,12,18,19)/t4?,5-,6-,7-,9-/m1/s1. The second-order valence-electron chi connectivity index (χ2n) is 4.78. The Morgan fingerprint density at radius 1 is 1.60 bits per heavy atom. The van der Waals surface area contributed by atoms with Crippen molar-refractivity contribution in [1.29, 1.82) is 0 Å². The molecule has 3 N–H and O–H groups in total. The molecule has 2 saturated heterocycles. The number of hydrogen-bond acceptors (Lipinski definition) is 6. The van der Waals surface area contributed by atoms with Gasteiger partial charge in [0.1, 0.15) is 6.10 Å². The van der Waals surface area contributed by atoms with Crippen molar-refractivity contribution in [2.45, 2.75) is 31.4 Å². The molecule has 0 spiro atoms. The minimum atomic E-state index is -1.27. The Morgan fingerprint density at radius 3 is 2.90 bits per heavy atom. The Hall–Kier alpha value is -1.87. The van der Waals surface area contributed by atoms with Crippen molar-refractivity contribution in [3.8, 4) is 0 Å². The number of rotatable bonds is 3. The maximum absolute atomic E-state index is 11.8. The van der Waals surface area contributed by atoms with Gasteiger partial charge in [0.2, 0.25) is 5.91 Å². The number of azide groups is 1. The van der Waals surface area contributed by atoms with Crippen molar-refractivity contribution < 1.29 is 24.5 Å². The van der Waals surface area contributed by atoms with E-state index in [0.717, 1.165) is 4.90 Å². The van der Waals surface area contributed by atoms with E-state index in [1.807, 2.05) is 0 Å². The lowest BCUT2D eigenvalue weighted by atomic mass is 10.1. The topological polar surface area (TPSA) is 148 Å². The van der Waals surface area contributed by atoms with E-state index in [4.69, 9.17) is 15.4 Å². The van der Waals surface area contributed by atoms with Crippen LogP contribution in [0.1, 0.15) is 6.92 Å². The van der Waals surface area contributed by atoms with Gasteiger partial charge in [0, 0.05) is 11.5 Å². The fourth-order valence-electron chi connectivity index (χ4n) is 2.32. The molecule has 20 heavy (non-hydrogen) atoms. The summed E-state index contributed by atoms with van der Waals surface area (Å²) in [5, 5.41) is 24.8. The average Bonchev–Trinajstić information content (AvgIpc) is 2.72. The smallest absolute Gasteiger partial charge is 0.326 e. The minimum Gasteiger partial charge on any atom is -0.394 e. The first-order valence-corrected chi connectivity index (χ1v) is 6.09. The van der Waals surface area contributed by atoms with Crippen LogP contribution in [0, 0.1) is 5.92 Å². The predicted molar refractivity (Wildman–Crippen MR) is 64.1 cm³/mol. The number of carbonyl (C=O) groups excluding carboxylic acids is 2. The highest BCUT2D eigenvalue weighted by molar-refractivity contribution is 5.97. The summed E-state index contributed by atoms with van der Waals surface area (Å²) in [6.07, 6.45) is -3.24. The van der Waals surface area contributed by atoms with Crippen LogP contribution in [-0.2, 0) is 9.53 Å². The molecule has 2 fully saturated rings. The SMILES string of the molecule is CC1CN([C@@H]2O[C@H](CO)[C@@H](N=[N+]=[N-])[C@H]2O)C(=O)NC1=O. The molecule has 10 heteroatoms. The zero-order chi connectivity index (χ0) is 14.9. The quantitative estimate of drug-likeness (QED) is 0.343. The van der Waals surface area contributed by atoms with Crippen molar-refractivity contribution in [2.24, 2.45) is 11.0 Å². The Balaban J connectivity index is 2.18. The van der Waals surface area contributed by atoms with E-state index >= 15 is 0 Å². The van der Waals surface area contributed by atoms with Crippen LogP contribution in [0.2, 0.25) is 0 Å². The van der Waals surface area contributed by atoms with E-state index in [9.17, 15) is 14.7 Å². The molecule has 110 valence electrons. The van der Waals surface area contributed by atoms with Gasteiger partial charge in [-0.15, -0.1) is 0 Å². The molecule has 0 bridgehead atoms. The molecule has 3 amide bonds. The van der Waals surface area contributed by atoms with E-state index < -0.39 is 48.9 Å². The lowest BCUT2D eigenvalue weighted by Gasteiger charge is -2.35. The van der Waals surface area contributed by atoms with Crippen molar-refractivity contribution in [1.82, 2.24) is 10.2 Å². The Morgan fingerprint density at radius 2 is 2.30 bits per heavy atom. The highest BCUT2D eigenvalue weighted by Crippen LogP contribution is 2.28. The van der Waals surface area contributed by atoms with E-state index in [1.165, 1.54) is 0 Å². The molecule has 0 saturated carbocycles. The van der Waals surface area contributed by atoms with E-state index in [0.29, 0.717) is 0 Å². The number of hydrogen-bond donors (Lipinski definition) is 3. The van der Waals surface area contributed by atoms with Gasteiger partial charge in [-0.2, -0.15) is 0 Å². The fraction of sp³-hybridized carbons (Fsp3) is 0.800. The summed E-state index contributed by atoms with van der Waals surface area (Å²) in [4.78, 5) is 26.9. The third kappa shape index (κ3) is 2.41. The minimum absolute atomic E-state index is 0.0769. The third-order valence-corrected chi connectivity index (χ3v) is 3.42. The normalized spacial score (nSPS) is 37.5. The number of nitrogens with one attached hydrogen (secondary N) is 1. The van der Waals surface area contributed by atoms with Crippen LogP contribution >= 0.6 is 0 Å². The van der Waals surface area contributed by atoms with E-state index in [1.54, 1.807) is 6.92 Å². The Labute approximate surface area is 113 Å². The number of urea groups is 1. The molecule has 5 atom stereocenters. The second kappa shape index (κ2) is 5.63. The van der Waals surface area contributed by atoms with Crippen LogP contribution in [0.4, 0.5) is 4.79 Å². The highest BCUT2D eigenvalue weighted by atomic mass is 16.5. The first kappa shape index (κ1) is 14.5. The van der Waals surface area contributed by atoms with Crippen molar-refractivity contribution in [3.63, 3.8) is 0 Å². The molecular weight excluding hydrogens is 270 g/mol. The molecule has 2 aliphatic rings. The number of carbonyl (C=O) groups is 2. The first-order chi connectivity index (χ1) is 9.49. The van der Waals surface area contributed by atoms with Gasteiger partial charge in [0.15, 0.2) is 6.23 Å². The third-order valence-electron chi connectivity index (χ3n) is 3.42. The summed E-state index contributed by atoms with van der Waals surface area (Å²) in [6.45, 7) is 1.25. The van der Waals surface area contributed by atoms with Gasteiger partial charge in [-0.3, -0.25) is 15.0 Å². The molecular formula is C10H15N5O5. The molecule has 0 radical (unpaired) electrons. The molecule has 1 unspecified atom stereocenters. The maximum atomic E-state index is 11.8. The number of amides is 3. The maximum Gasteiger partial charge on any atom is 0.326 e. The number of ether oxygens (including phenoxy) is 1. The summed E-state index contributed by atoms with van der Waals surface area (Å²) >= 11 is 0. The largest absolute Gasteiger partial charge is 0.394 e. The molecule has 0 aromatic rings. The molecule has 2 rings (SSSR count). The number of aliphatic hydroxyl groups excluding tert-OH is 2. The monoisotopic (exact) mass is 285 g/mol. The van der Waals surface area contributed by atoms with Crippen LogP contribution in [0.5, 0.6) is 0 Å². The van der Waals surface area contributed by atoms with Gasteiger partial charge in [-0.25, -0.2) is 4.79 Å². The fourth-order valence-corrected chi connectivity index (χ4v) is 2.32. The van der Waals surface area contributed by atoms with Gasteiger partial charge < -0.3 is 14.9 Å². The first-order valence-electron chi connectivity index (χ1n) is 6.09. The van der Waals surface area contributed by atoms with Gasteiger partial charge in [0.25, 0.3) is 0 Å². The molecule has 0 aliphatic carbocycles. The zero-order valence-corrected chi connectivity index (χ0v) is 10.7. The Bertz CT molecular complexity index is 465. The Kier molecular flexibility index (Phi) is 4.09. The number of imide groups is 1. The lowest BCUT2D eigenvalue weighted by Crippen LogP contribution is -2.59. The summed E-state index contributed by atoms with van der Waals surface area (Å²) in [5.74, 6) is -0.848. The molecule has 2 aliphatic heterocycles. The van der Waals surface area contributed by atoms with E-state index in [-0.39, 0.29) is 6.54 Å². The zero-order valence-electron chi connectivity index (χ0n) is 10.7. The van der Waals surface area contributed by atoms with Crippen LogP contribution in [-0.4, -0.2) is 64.7 Å². The molecule has 2 heterocycles. The molecule has 0 aromatic carbocycles. The molecule has 0 aromatic heterocycles. The average molecular weight is 285 g/mol. The van der Waals surface area contributed by atoms with Crippen LogP contribution in [0.25, 0.3) is 10.4 Å². The van der Waals surface area contributed by atoms with Gasteiger partial charge in [-0.05, 0) is 5.53 Å². The van der Waals surface area contributed by atoms with E-state index in [2.05, 4.69) is 15.3 Å². The van der Waals surface area contributed by atoms with Crippen molar-refractivity contribution in [3.05, 3.63) is 10.4 Å². The summed E-state index contributed by atoms with van der Waals surface area (Å²) < 4.78 is 5.37. The summed E-state index contributed by atoms with van der Waals surface area (Å²) in [7, 11) is 0. The van der Waals surface area contributed by atoms with Crippen molar-refractivity contribution in [2.75, 3.05) is 13.2 Å². The van der Waals surface area contributed by atoms with Crippen LogP contribution < -0.4 is 5.32 Å². The van der Waals surface area contributed by atoms with Gasteiger partial charge in [-0.1, -0.05) is 12.0 Å². The highest BCUT2D eigenvalue weighted by Gasteiger charge is 2.48. The van der Waals surface area contributed by atoms with Gasteiger partial charge in [0.05, 0.1) is 24.7 Å². The van der Waals surface area contributed by atoms with Gasteiger partial charge >= 0.3 is 6.03 Å². The number of nitrogens with zero attached hydrogens (tertiary/aromatic N) is 4. The van der Waals surface area contributed by atoms with Crippen molar-refractivity contribution >= 4 is 11.9 Å². The van der Waals surface area contributed by atoms with Crippen LogP contribution in [0.3, 0.4) is 0 Å². The predicted octanol–water partition coefficient (Wildman–Crippen LogP) is -1.07. The summed E-state index contributed by atoms with van der Waals surface area (Å²) in [5.41, 5.74) is 8.46. The second-order valence-corrected chi connectivity index (χ2v) is 4.78. The summed E-state index contributed by atoms with van der Waals surface area (Å²) in [6, 6.07) is -1.67. The molecule has 10 nitrogen and oxygen atoms in total. The number of aliphatic hydroxyl groups is 2. The lowest BCUT2D eigenvalue weighted by molar-refractivity contribution is -0.130. The van der Waals surface area contributed by atoms with Crippen LogP contribution in [0.15, 0.2) is 5.11 Å².